The molecule has 2 aromatic rings. The maximum Gasteiger partial charge on any atom is 0.355 e. The third-order valence-electron chi connectivity index (χ3n) is 3.78. The van der Waals surface area contributed by atoms with Crippen LogP contribution in [0.2, 0.25) is 0 Å². The summed E-state index contributed by atoms with van der Waals surface area (Å²) in [6.45, 7) is 5.40. The fourth-order valence-electron chi connectivity index (χ4n) is 2.54. The monoisotopic (exact) mass is 343 g/mol. The molecule has 0 atom stereocenters. The molecule has 0 saturated carbocycles. The largest absolute Gasteiger partial charge is 0.461 e. The number of aryl methyl sites for hydroxylation is 1. The van der Waals surface area contributed by atoms with Crippen LogP contribution in [0.15, 0.2) is 24.3 Å². The Bertz CT molecular complexity index is 806. The Labute approximate surface area is 145 Å². The standard InChI is InChI=1S/C18H21N3O4/c1-5-25-18(24)15-10(2)14(11(3)20-15)17(23)21-13-8-6-12(7-9-13)16(22)19-4/h6-9,20H,5H2,1-4H3,(H,19,22)(H,21,23). The molecule has 7 nitrogen and oxygen atoms in total. The van der Waals surface area contributed by atoms with E-state index in [0.29, 0.717) is 28.1 Å². The molecule has 1 aromatic carbocycles. The number of benzene rings is 1. The minimum Gasteiger partial charge on any atom is -0.461 e. The highest BCUT2D eigenvalue weighted by atomic mass is 16.5. The lowest BCUT2D eigenvalue weighted by molar-refractivity contribution is 0.0519. The first-order valence-electron chi connectivity index (χ1n) is 7.88. The van der Waals surface area contributed by atoms with Gasteiger partial charge in [-0.15, -0.1) is 0 Å². The number of aromatic nitrogens is 1. The minimum atomic E-state index is -0.489. The molecule has 0 spiro atoms. The highest BCUT2D eigenvalue weighted by Gasteiger charge is 2.22. The average Bonchev–Trinajstić information content (AvgIpc) is 2.89. The molecule has 0 unspecified atom stereocenters. The zero-order chi connectivity index (χ0) is 18.6. The second-order valence-corrected chi connectivity index (χ2v) is 5.46. The number of esters is 1. The molecule has 3 N–H and O–H groups in total. The Morgan fingerprint density at radius 1 is 1.08 bits per heavy atom. The molecule has 0 saturated heterocycles. The van der Waals surface area contributed by atoms with Gasteiger partial charge in [0.15, 0.2) is 0 Å². The van der Waals surface area contributed by atoms with Crippen LogP contribution in [0.5, 0.6) is 0 Å². The molecule has 2 rings (SSSR count). The van der Waals surface area contributed by atoms with E-state index in [1.54, 1.807) is 52.1 Å². The summed E-state index contributed by atoms with van der Waals surface area (Å²) in [5.41, 5.74) is 2.85. The van der Waals surface area contributed by atoms with Crippen molar-refractivity contribution in [3.8, 4) is 0 Å². The Balaban J connectivity index is 2.21. The fourth-order valence-corrected chi connectivity index (χ4v) is 2.54. The van der Waals surface area contributed by atoms with Gasteiger partial charge in [0.2, 0.25) is 0 Å². The first kappa shape index (κ1) is 18.3. The lowest BCUT2D eigenvalue weighted by Gasteiger charge is -2.07. The molecule has 0 fully saturated rings. The van der Waals surface area contributed by atoms with Crippen LogP contribution in [0, 0.1) is 13.8 Å². The number of rotatable bonds is 5. The number of carbonyl (C=O) groups is 3. The van der Waals surface area contributed by atoms with Crippen molar-refractivity contribution in [2.45, 2.75) is 20.8 Å². The van der Waals surface area contributed by atoms with E-state index in [1.165, 1.54) is 0 Å². The molecule has 1 heterocycles. The van der Waals surface area contributed by atoms with E-state index in [0.717, 1.165) is 0 Å². The van der Waals surface area contributed by atoms with Gasteiger partial charge in [0, 0.05) is 24.0 Å². The van der Waals surface area contributed by atoms with Crippen molar-refractivity contribution in [3.05, 3.63) is 52.3 Å². The number of H-pyrrole nitrogens is 1. The predicted molar refractivity (Wildman–Crippen MR) is 94.0 cm³/mol. The lowest BCUT2D eigenvalue weighted by Crippen LogP contribution is -2.18. The topological polar surface area (TPSA) is 100 Å². The van der Waals surface area contributed by atoms with Crippen LogP contribution in [0.3, 0.4) is 0 Å². The van der Waals surface area contributed by atoms with E-state index in [1.807, 2.05) is 0 Å². The van der Waals surface area contributed by atoms with Crippen LogP contribution in [0.4, 0.5) is 5.69 Å². The molecule has 2 amide bonds. The zero-order valence-corrected chi connectivity index (χ0v) is 14.6. The van der Waals surface area contributed by atoms with Crippen LogP contribution >= 0.6 is 0 Å². The van der Waals surface area contributed by atoms with E-state index in [4.69, 9.17) is 4.74 Å². The van der Waals surface area contributed by atoms with Gasteiger partial charge >= 0.3 is 5.97 Å². The number of ether oxygens (including phenoxy) is 1. The molecular formula is C18H21N3O4. The van der Waals surface area contributed by atoms with Gasteiger partial charge in [-0.2, -0.15) is 0 Å². The zero-order valence-electron chi connectivity index (χ0n) is 14.6. The predicted octanol–water partition coefficient (Wildman–Crippen LogP) is 2.42. The van der Waals surface area contributed by atoms with Crippen LogP contribution in [0.25, 0.3) is 0 Å². The van der Waals surface area contributed by atoms with Crippen LogP contribution in [-0.2, 0) is 4.74 Å². The summed E-state index contributed by atoms with van der Waals surface area (Å²) < 4.78 is 4.98. The van der Waals surface area contributed by atoms with Crippen molar-refractivity contribution in [3.63, 3.8) is 0 Å². The van der Waals surface area contributed by atoms with Crippen LogP contribution in [0.1, 0.15) is 49.4 Å². The molecule has 0 aliphatic rings. The molecule has 0 aliphatic carbocycles. The van der Waals surface area contributed by atoms with Crippen LogP contribution in [-0.4, -0.2) is 36.4 Å². The van der Waals surface area contributed by atoms with Gasteiger partial charge in [-0.25, -0.2) is 4.79 Å². The number of aromatic amines is 1. The third kappa shape index (κ3) is 3.88. The second kappa shape index (κ2) is 7.65. The first-order valence-corrected chi connectivity index (χ1v) is 7.88. The maximum absolute atomic E-state index is 12.6. The van der Waals surface area contributed by atoms with E-state index in [9.17, 15) is 14.4 Å². The summed E-state index contributed by atoms with van der Waals surface area (Å²) >= 11 is 0. The number of hydrogen-bond acceptors (Lipinski definition) is 4. The molecule has 0 radical (unpaired) electrons. The highest BCUT2D eigenvalue weighted by molar-refractivity contribution is 6.08. The Kier molecular flexibility index (Phi) is 5.59. The number of amides is 2. The smallest absolute Gasteiger partial charge is 0.355 e. The Morgan fingerprint density at radius 2 is 1.72 bits per heavy atom. The van der Waals surface area contributed by atoms with Gasteiger partial charge in [0.25, 0.3) is 11.8 Å². The molecule has 0 aliphatic heterocycles. The lowest BCUT2D eigenvalue weighted by atomic mass is 10.1. The number of hydrogen-bond donors (Lipinski definition) is 3. The molecule has 0 bridgehead atoms. The van der Waals surface area contributed by atoms with Crippen LogP contribution < -0.4 is 10.6 Å². The van der Waals surface area contributed by atoms with E-state index >= 15 is 0 Å². The molecule has 132 valence electrons. The summed E-state index contributed by atoms with van der Waals surface area (Å²) in [4.78, 5) is 38.9. The van der Waals surface area contributed by atoms with Gasteiger partial charge in [-0.1, -0.05) is 0 Å². The van der Waals surface area contributed by atoms with Crippen molar-refractivity contribution in [1.29, 1.82) is 0 Å². The first-order chi connectivity index (χ1) is 11.9. The average molecular weight is 343 g/mol. The minimum absolute atomic E-state index is 0.200. The summed E-state index contributed by atoms with van der Waals surface area (Å²) in [5, 5.41) is 5.30. The van der Waals surface area contributed by atoms with Crippen molar-refractivity contribution < 1.29 is 19.1 Å². The van der Waals surface area contributed by atoms with Gasteiger partial charge < -0.3 is 20.4 Å². The summed E-state index contributed by atoms with van der Waals surface area (Å²) in [6.07, 6.45) is 0. The number of nitrogens with one attached hydrogen (secondary N) is 3. The molecule has 1 aromatic heterocycles. The summed E-state index contributed by atoms with van der Waals surface area (Å²) in [7, 11) is 1.55. The fraction of sp³-hybridized carbons (Fsp3) is 0.278. The molecule has 25 heavy (non-hydrogen) atoms. The Morgan fingerprint density at radius 3 is 2.28 bits per heavy atom. The second-order valence-electron chi connectivity index (χ2n) is 5.46. The molecule has 7 heteroatoms. The summed E-state index contributed by atoms with van der Waals surface area (Å²) in [5.74, 6) is -1.03. The van der Waals surface area contributed by atoms with Crippen molar-refractivity contribution >= 4 is 23.5 Å². The van der Waals surface area contributed by atoms with Crippen molar-refractivity contribution in [2.75, 3.05) is 19.0 Å². The third-order valence-corrected chi connectivity index (χ3v) is 3.78. The van der Waals surface area contributed by atoms with E-state index in [-0.39, 0.29) is 24.1 Å². The summed E-state index contributed by atoms with van der Waals surface area (Å²) in [6, 6.07) is 6.53. The van der Waals surface area contributed by atoms with Gasteiger partial charge in [-0.05, 0) is 50.6 Å². The normalized spacial score (nSPS) is 10.2. The van der Waals surface area contributed by atoms with E-state index in [2.05, 4.69) is 15.6 Å². The number of anilines is 1. The number of carbonyl (C=O) groups excluding carboxylic acids is 3. The van der Waals surface area contributed by atoms with Gasteiger partial charge in [0.05, 0.1) is 12.2 Å². The van der Waals surface area contributed by atoms with E-state index < -0.39 is 5.97 Å². The van der Waals surface area contributed by atoms with Gasteiger partial charge in [0.1, 0.15) is 5.69 Å². The Hall–Kier alpha value is -3.09. The maximum atomic E-state index is 12.6. The SMILES string of the molecule is CCOC(=O)c1[nH]c(C)c(C(=O)Nc2ccc(C(=O)NC)cc2)c1C. The van der Waals surface area contributed by atoms with Crippen molar-refractivity contribution in [1.82, 2.24) is 10.3 Å². The quantitative estimate of drug-likeness (QED) is 0.726. The molecular weight excluding hydrogens is 322 g/mol. The van der Waals surface area contributed by atoms with Gasteiger partial charge in [-0.3, -0.25) is 9.59 Å². The van der Waals surface area contributed by atoms with Crippen molar-refractivity contribution in [2.24, 2.45) is 0 Å². The highest BCUT2D eigenvalue weighted by Crippen LogP contribution is 2.20.